The van der Waals surface area contributed by atoms with E-state index in [-0.39, 0.29) is 23.4 Å². The van der Waals surface area contributed by atoms with Crippen molar-refractivity contribution in [3.05, 3.63) is 28.3 Å². The molecule has 7 nitrogen and oxygen atoms in total. The first-order valence-corrected chi connectivity index (χ1v) is 7.83. The molecule has 1 aromatic rings. The number of carbonyl (C=O) groups excluding carboxylic acids is 1. The molecule has 0 bridgehead atoms. The molecule has 0 unspecified atom stereocenters. The van der Waals surface area contributed by atoms with Crippen molar-refractivity contribution in [3.63, 3.8) is 0 Å². The number of nitrogens with one attached hydrogen (secondary N) is 1. The van der Waals surface area contributed by atoms with Crippen molar-refractivity contribution in [1.82, 2.24) is 4.90 Å². The maximum absolute atomic E-state index is 12.6. The number of nitro groups is 1. The number of methoxy groups -OCH3 is 1. The molecule has 0 saturated carbocycles. The molecule has 1 N–H and O–H groups in total. The van der Waals surface area contributed by atoms with Crippen LogP contribution in [-0.2, 0) is 4.79 Å². The normalized spacial score (nSPS) is 19.1. The van der Waals surface area contributed by atoms with Crippen molar-refractivity contribution in [1.29, 1.82) is 0 Å². The van der Waals surface area contributed by atoms with Gasteiger partial charge in [-0.2, -0.15) is 0 Å². The van der Waals surface area contributed by atoms with E-state index in [9.17, 15) is 14.9 Å². The number of hydrogen-bond acceptors (Lipinski definition) is 5. The summed E-state index contributed by atoms with van der Waals surface area (Å²) in [5, 5.41) is 14.0. The van der Waals surface area contributed by atoms with Crippen molar-refractivity contribution in [2.45, 2.75) is 45.2 Å². The first-order valence-electron chi connectivity index (χ1n) is 7.83. The Hall–Kier alpha value is -2.31. The van der Waals surface area contributed by atoms with Gasteiger partial charge in [0.25, 0.3) is 0 Å². The van der Waals surface area contributed by atoms with Crippen molar-refractivity contribution < 1.29 is 14.5 Å². The Morgan fingerprint density at radius 3 is 2.83 bits per heavy atom. The zero-order chi connectivity index (χ0) is 17.0. The number of anilines is 1. The van der Waals surface area contributed by atoms with Gasteiger partial charge in [-0.15, -0.1) is 0 Å². The smallest absolute Gasteiger partial charge is 0.311 e. The largest absolute Gasteiger partial charge is 0.490 e. The highest BCUT2D eigenvalue weighted by molar-refractivity contribution is 5.84. The van der Waals surface area contributed by atoms with Crippen LogP contribution in [0.4, 0.5) is 11.4 Å². The lowest BCUT2D eigenvalue weighted by Crippen LogP contribution is -2.48. The molecule has 1 aromatic carbocycles. The second-order valence-corrected chi connectivity index (χ2v) is 5.89. The summed E-state index contributed by atoms with van der Waals surface area (Å²) in [4.78, 5) is 24.9. The highest BCUT2D eigenvalue weighted by atomic mass is 16.6. The highest BCUT2D eigenvalue weighted by Crippen LogP contribution is 2.30. The molecule has 2 atom stereocenters. The minimum Gasteiger partial charge on any atom is -0.490 e. The summed E-state index contributed by atoms with van der Waals surface area (Å²) in [5.74, 6) is 0.223. The van der Waals surface area contributed by atoms with Gasteiger partial charge in [0.05, 0.1) is 12.0 Å². The number of piperidine rings is 1. The van der Waals surface area contributed by atoms with Crippen molar-refractivity contribution in [2.24, 2.45) is 0 Å². The Labute approximate surface area is 135 Å². The standard InChI is InChI=1S/C16H23N3O4/c1-11-6-4-5-9-18(11)16(20)12(2)17-13-7-8-14(19(21)22)15(10-13)23-3/h7-8,10-12,17H,4-6,9H2,1-3H3/t11-,12-/m1/s1. The Morgan fingerprint density at radius 2 is 2.22 bits per heavy atom. The maximum Gasteiger partial charge on any atom is 0.311 e. The lowest BCUT2D eigenvalue weighted by molar-refractivity contribution is -0.385. The van der Waals surface area contributed by atoms with Crippen LogP contribution in [-0.4, -0.2) is 41.5 Å². The van der Waals surface area contributed by atoms with Gasteiger partial charge in [-0.1, -0.05) is 0 Å². The summed E-state index contributed by atoms with van der Waals surface area (Å²) in [6, 6.07) is 4.36. The monoisotopic (exact) mass is 321 g/mol. The van der Waals surface area contributed by atoms with Gasteiger partial charge in [0.1, 0.15) is 6.04 Å². The van der Waals surface area contributed by atoms with Crippen LogP contribution in [0.25, 0.3) is 0 Å². The minimum atomic E-state index is -0.493. The molecule has 0 aliphatic carbocycles. The molecule has 1 amide bonds. The van der Waals surface area contributed by atoms with Gasteiger partial charge in [0, 0.05) is 30.4 Å². The van der Waals surface area contributed by atoms with Crippen molar-refractivity contribution in [2.75, 3.05) is 19.0 Å². The number of nitrogens with zero attached hydrogens (tertiary/aromatic N) is 2. The third-order valence-electron chi connectivity index (χ3n) is 4.22. The molecule has 0 spiro atoms. The molecule has 7 heteroatoms. The molecule has 2 rings (SSSR count). The van der Waals surface area contributed by atoms with Crippen LogP contribution in [0.1, 0.15) is 33.1 Å². The molecule has 1 saturated heterocycles. The predicted molar refractivity (Wildman–Crippen MR) is 87.8 cm³/mol. The van der Waals surface area contributed by atoms with E-state index in [0.717, 1.165) is 25.8 Å². The Kier molecular flexibility index (Phi) is 5.41. The van der Waals surface area contributed by atoms with Gasteiger partial charge >= 0.3 is 5.69 Å². The number of rotatable bonds is 5. The van der Waals surface area contributed by atoms with Crippen molar-refractivity contribution in [3.8, 4) is 5.75 Å². The van der Waals surface area contributed by atoms with Crippen LogP contribution in [0.15, 0.2) is 18.2 Å². The number of ether oxygens (including phenoxy) is 1. The average Bonchev–Trinajstić information content (AvgIpc) is 2.54. The summed E-state index contributed by atoms with van der Waals surface area (Å²) in [5.41, 5.74) is 0.527. The molecule has 23 heavy (non-hydrogen) atoms. The molecule has 0 radical (unpaired) electrons. The van der Waals surface area contributed by atoms with Crippen LogP contribution < -0.4 is 10.1 Å². The van der Waals surface area contributed by atoms with Crippen LogP contribution in [0.2, 0.25) is 0 Å². The first kappa shape index (κ1) is 17.1. The third-order valence-corrected chi connectivity index (χ3v) is 4.22. The summed E-state index contributed by atoms with van der Waals surface area (Å²) in [6.07, 6.45) is 3.23. The maximum atomic E-state index is 12.6. The number of carbonyl (C=O) groups is 1. The molecule has 1 aliphatic rings. The molecule has 0 aromatic heterocycles. The summed E-state index contributed by atoms with van der Waals surface area (Å²) < 4.78 is 5.05. The Balaban J connectivity index is 2.08. The van der Waals surface area contributed by atoms with E-state index >= 15 is 0 Å². The Bertz CT molecular complexity index is 591. The lowest BCUT2D eigenvalue weighted by Gasteiger charge is -2.35. The van der Waals surface area contributed by atoms with E-state index in [0.29, 0.717) is 5.69 Å². The quantitative estimate of drug-likeness (QED) is 0.666. The predicted octanol–water partition coefficient (Wildman–Crippen LogP) is 2.80. The van der Waals surface area contributed by atoms with E-state index in [1.165, 1.54) is 13.2 Å². The zero-order valence-electron chi connectivity index (χ0n) is 13.7. The van der Waals surface area contributed by atoms with Crippen LogP contribution in [0.5, 0.6) is 5.75 Å². The van der Waals surface area contributed by atoms with Crippen LogP contribution in [0, 0.1) is 10.1 Å². The summed E-state index contributed by atoms with van der Waals surface area (Å²) >= 11 is 0. The molecular weight excluding hydrogens is 298 g/mol. The number of nitro benzene ring substituents is 1. The number of benzene rings is 1. The summed E-state index contributed by atoms with van der Waals surface area (Å²) in [6.45, 7) is 4.66. The van der Waals surface area contributed by atoms with Gasteiger partial charge in [0.15, 0.2) is 5.75 Å². The van der Waals surface area contributed by atoms with Gasteiger partial charge in [-0.3, -0.25) is 14.9 Å². The molecule has 1 heterocycles. The first-order chi connectivity index (χ1) is 10.9. The van der Waals surface area contributed by atoms with Gasteiger partial charge in [0.2, 0.25) is 5.91 Å². The average molecular weight is 321 g/mol. The molecule has 1 aliphatic heterocycles. The zero-order valence-corrected chi connectivity index (χ0v) is 13.7. The number of amides is 1. The van der Waals surface area contributed by atoms with E-state index < -0.39 is 11.0 Å². The second-order valence-electron chi connectivity index (χ2n) is 5.89. The van der Waals surface area contributed by atoms with E-state index in [1.54, 1.807) is 19.1 Å². The second kappa shape index (κ2) is 7.30. The van der Waals surface area contributed by atoms with E-state index in [1.807, 2.05) is 4.90 Å². The lowest BCUT2D eigenvalue weighted by atomic mass is 10.0. The van der Waals surface area contributed by atoms with E-state index in [4.69, 9.17) is 4.74 Å². The minimum absolute atomic E-state index is 0.0505. The van der Waals surface area contributed by atoms with Crippen LogP contribution in [0.3, 0.4) is 0 Å². The fourth-order valence-corrected chi connectivity index (χ4v) is 2.90. The SMILES string of the molecule is COc1cc(N[C@H](C)C(=O)N2CCCC[C@H]2C)ccc1[N+](=O)[O-]. The molecule has 126 valence electrons. The van der Waals surface area contributed by atoms with Gasteiger partial charge in [-0.05, 0) is 39.2 Å². The van der Waals surface area contributed by atoms with Crippen molar-refractivity contribution >= 4 is 17.3 Å². The van der Waals surface area contributed by atoms with Gasteiger partial charge in [-0.25, -0.2) is 0 Å². The number of likely N-dealkylation sites (tertiary alicyclic amines) is 1. The fraction of sp³-hybridized carbons (Fsp3) is 0.562. The third kappa shape index (κ3) is 3.91. The molecule has 1 fully saturated rings. The Morgan fingerprint density at radius 1 is 1.48 bits per heavy atom. The highest BCUT2D eigenvalue weighted by Gasteiger charge is 2.27. The number of hydrogen-bond donors (Lipinski definition) is 1. The summed E-state index contributed by atoms with van der Waals surface area (Å²) in [7, 11) is 1.39. The topological polar surface area (TPSA) is 84.7 Å². The van der Waals surface area contributed by atoms with E-state index in [2.05, 4.69) is 12.2 Å². The fourth-order valence-electron chi connectivity index (χ4n) is 2.90. The van der Waals surface area contributed by atoms with Gasteiger partial charge < -0.3 is 15.0 Å². The van der Waals surface area contributed by atoms with Crippen LogP contribution >= 0.6 is 0 Å². The molecular formula is C16H23N3O4.